The number of anilines is 1. The van der Waals surface area contributed by atoms with Gasteiger partial charge in [-0.15, -0.1) is 0 Å². The monoisotopic (exact) mass is 377 g/mol. The third-order valence-corrected chi connectivity index (χ3v) is 3.99. The molecule has 0 fully saturated rings. The van der Waals surface area contributed by atoms with Crippen LogP contribution >= 0.6 is 0 Å². The van der Waals surface area contributed by atoms with Crippen LogP contribution in [0.25, 0.3) is 5.69 Å². The molecule has 0 atom stereocenters. The summed E-state index contributed by atoms with van der Waals surface area (Å²) in [5.74, 6) is -1.59. The molecule has 140 valence electrons. The van der Waals surface area contributed by atoms with E-state index >= 15 is 0 Å². The van der Waals surface area contributed by atoms with Gasteiger partial charge in [-0.3, -0.25) is 4.79 Å². The molecule has 27 heavy (non-hydrogen) atoms. The van der Waals surface area contributed by atoms with Crippen LogP contribution in [0, 0.1) is 19.7 Å². The molecule has 0 aliphatic carbocycles. The van der Waals surface area contributed by atoms with Crippen LogP contribution < -0.4 is 5.32 Å². The molecule has 0 aliphatic rings. The normalized spacial score (nSPS) is 11.5. The predicted octanol–water partition coefficient (Wildman–Crippen LogP) is 4.90. The van der Waals surface area contributed by atoms with Crippen molar-refractivity contribution in [3.05, 3.63) is 76.9 Å². The first-order valence-corrected chi connectivity index (χ1v) is 7.96. The van der Waals surface area contributed by atoms with E-state index in [-0.39, 0.29) is 11.4 Å². The smallest absolute Gasteiger partial charge is 0.322 e. The Hall–Kier alpha value is -3.16. The summed E-state index contributed by atoms with van der Waals surface area (Å²) < 4.78 is 55.1. The van der Waals surface area contributed by atoms with Crippen molar-refractivity contribution < 1.29 is 22.4 Å². The molecule has 1 aromatic heterocycles. The van der Waals surface area contributed by atoms with Gasteiger partial charge in [-0.1, -0.05) is 23.8 Å². The molecule has 0 aliphatic heterocycles. The highest BCUT2D eigenvalue weighted by Gasteiger charge is 2.40. The first kappa shape index (κ1) is 18.6. The van der Waals surface area contributed by atoms with Gasteiger partial charge in [0.25, 0.3) is 5.91 Å². The molecule has 0 radical (unpaired) electrons. The molecule has 1 amide bonds. The second-order valence-corrected chi connectivity index (χ2v) is 6.07. The fraction of sp³-hybridized carbons (Fsp3) is 0.158. The maximum atomic E-state index is 13.6. The van der Waals surface area contributed by atoms with Gasteiger partial charge in [0.2, 0.25) is 0 Å². The molecule has 0 saturated heterocycles. The van der Waals surface area contributed by atoms with Crippen molar-refractivity contribution in [2.45, 2.75) is 20.0 Å². The SMILES string of the molecule is Cc1ccc(-n2ncc(C(=O)Nc3ccc(C)c(F)c3)c2C(F)(F)F)cc1. The van der Waals surface area contributed by atoms with E-state index < -0.39 is 29.2 Å². The van der Waals surface area contributed by atoms with E-state index in [2.05, 4.69) is 10.4 Å². The van der Waals surface area contributed by atoms with Crippen LogP contribution in [0.15, 0.2) is 48.7 Å². The Bertz CT molecular complexity index is 991. The summed E-state index contributed by atoms with van der Waals surface area (Å²) >= 11 is 0. The largest absolute Gasteiger partial charge is 0.434 e. The summed E-state index contributed by atoms with van der Waals surface area (Å²) in [6, 6.07) is 10.1. The Kier molecular flexibility index (Phi) is 4.73. The van der Waals surface area contributed by atoms with Crippen molar-refractivity contribution in [2.75, 3.05) is 5.32 Å². The average Bonchev–Trinajstić information content (AvgIpc) is 3.04. The number of carbonyl (C=O) groups is 1. The summed E-state index contributed by atoms with van der Waals surface area (Å²) in [5.41, 5.74) is -0.386. The Morgan fingerprint density at radius 1 is 1.07 bits per heavy atom. The first-order valence-electron chi connectivity index (χ1n) is 7.96. The minimum atomic E-state index is -4.81. The topological polar surface area (TPSA) is 46.9 Å². The molecule has 1 heterocycles. The Balaban J connectivity index is 2.01. The Morgan fingerprint density at radius 3 is 2.33 bits per heavy atom. The van der Waals surface area contributed by atoms with E-state index in [0.29, 0.717) is 10.2 Å². The highest BCUT2D eigenvalue weighted by molar-refractivity contribution is 6.05. The molecule has 0 spiro atoms. The molecular formula is C19H15F4N3O. The lowest BCUT2D eigenvalue weighted by Crippen LogP contribution is -2.20. The predicted molar refractivity (Wildman–Crippen MR) is 92.4 cm³/mol. The van der Waals surface area contributed by atoms with Gasteiger partial charge >= 0.3 is 6.18 Å². The number of amides is 1. The molecule has 8 heteroatoms. The minimum absolute atomic E-state index is 0.0549. The van der Waals surface area contributed by atoms with E-state index in [1.807, 2.05) is 0 Å². The number of alkyl halides is 3. The standard InChI is InChI=1S/C19H15F4N3O/c1-11-3-7-14(8-4-11)26-17(19(21,22)23)15(10-24-26)18(27)25-13-6-5-12(2)16(20)9-13/h3-10H,1-2H3,(H,25,27). The summed E-state index contributed by atoms with van der Waals surface area (Å²) in [6.45, 7) is 3.34. The van der Waals surface area contributed by atoms with E-state index in [1.165, 1.54) is 31.2 Å². The number of nitrogens with one attached hydrogen (secondary N) is 1. The van der Waals surface area contributed by atoms with Crippen LogP contribution in [0.4, 0.5) is 23.2 Å². The Labute approximate surface area is 152 Å². The van der Waals surface area contributed by atoms with Gasteiger partial charge in [0.15, 0.2) is 5.69 Å². The van der Waals surface area contributed by atoms with Gasteiger partial charge in [-0.2, -0.15) is 18.3 Å². The zero-order chi connectivity index (χ0) is 19.8. The number of hydrogen-bond acceptors (Lipinski definition) is 2. The second kappa shape index (κ2) is 6.86. The van der Waals surface area contributed by atoms with Crippen molar-refractivity contribution in [1.82, 2.24) is 9.78 Å². The third-order valence-electron chi connectivity index (χ3n) is 3.99. The van der Waals surface area contributed by atoms with Crippen LogP contribution in [0.5, 0.6) is 0 Å². The van der Waals surface area contributed by atoms with E-state index in [9.17, 15) is 22.4 Å². The van der Waals surface area contributed by atoms with Crippen molar-refractivity contribution in [3.8, 4) is 5.69 Å². The molecule has 0 bridgehead atoms. The lowest BCUT2D eigenvalue weighted by Gasteiger charge is -2.13. The van der Waals surface area contributed by atoms with Crippen molar-refractivity contribution in [1.29, 1.82) is 0 Å². The number of benzene rings is 2. The summed E-state index contributed by atoms with van der Waals surface area (Å²) in [7, 11) is 0. The second-order valence-electron chi connectivity index (χ2n) is 6.07. The summed E-state index contributed by atoms with van der Waals surface area (Å²) in [5, 5.41) is 6.02. The van der Waals surface area contributed by atoms with Crippen molar-refractivity contribution in [3.63, 3.8) is 0 Å². The fourth-order valence-electron chi connectivity index (χ4n) is 2.54. The number of halogens is 4. The molecule has 0 saturated carbocycles. The lowest BCUT2D eigenvalue weighted by molar-refractivity contribution is -0.143. The number of hydrogen-bond donors (Lipinski definition) is 1. The highest BCUT2D eigenvalue weighted by Crippen LogP contribution is 2.34. The van der Waals surface area contributed by atoms with Gasteiger partial charge in [0.1, 0.15) is 5.82 Å². The zero-order valence-corrected chi connectivity index (χ0v) is 14.4. The summed E-state index contributed by atoms with van der Waals surface area (Å²) in [6.07, 6.45) is -3.96. The van der Waals surface area contributed by atoms with E-state index in [1.54, 1.807) is 19.1 Å². The maximum absolute atomic E-state index is 13.6. The quantitative estimate of drug-likeness (QED) is 0.660. The Morgan fingerprint density at radius 2 is 1.74 bits per heavy atom. The van der Waals surface area contributed by atoms with Gasteiger partial charge in [-0.05, 0) is 43.7 Å². The lowest BCUT2D eigenvalue weighted by atomic mass is 10.1. The number of carbonyl (C=O) groups excluding carboxylic acids is 1. The number of aryl methyl sites for hydroxylation is 2. The van der Waals surface area contributed by atoms with Gasteiger partial charge in [0, 0.05) is 5.69 Å². The van der Waals surface area contributed by atoms with Crippen molar-refractivity contribution >= 4 is 11.6 Å². The molecule has 2 aromatic carbocycles. The maximum Gasteiger partial charge on any atom is 0.434 e. The van der Waals surface area contributed by atoms with Crippen LogP contribution in [0.1, 0.15) is 27.2 Å². The fourth-order valence-corrected chi connectivity index (χ4v) is 2.54. The number of aromatic nitrogens is 2. The zero-order valence-electron chi connectivity index (χ0n) is 14.4. The molecule has 3 aromatic rings. The number of rotatable bonds is 3. The van der Waals surface area contributed by atoms with Gasteiger partial charge < -0.3 is 5.32 Å². The van der Waals surface area contributed by atoms with E-state index in [4.69, 9.17) is 0 Å². The first-order chi connectivity index (χ1) is 12.7. The van der Waals surface area contributed by atoms with Crippen LogP contribution in [0.2, 0.25) is 0 Å². The molecule has 0 unspecified atom stereocenters. The van der Waals surface area contributed by atoms with Crippen LogP contribution in [0.3, 0.4) is 0 Å². The average molecular weight is 377 g/mol. The van der Waals surface area contributed by atoms with Gasteiger partial charge in [-0.25, -0.2) is 9.07 Å². The summed E-state index contributed by atoms with van der Waals surface area (Å²) in [4.78, 5) is 12.4. The highest BCUT2D eigenvalue weighted by atomic mass is 19.4. The van der Waals surface area contributed by atoms with E-state index in [0.717, 1.165) is 17.8 Å². The third kappa shape index (κ3) is 3.84. The number of nitrogens with zero attached hydrogens (tertiary/aromatic N) is 2. The molecule has 3 rings (SSSR count). The van der Waals surface area contributed by atoms with Crippen LogP contribution in [-0.4, -0.2) is 15.7 Å². The van der Waals surface area contributed by atoms with Crippen LogP contribution in [-0.2, 0) is 6.18 Å². The van der Waals surface area contributed by atoms with Crippen molar-refractivity contribution in [2.24, 2.45) is 0 Å². The molecule has 4 nitrogen and oxygen atoms in total. The molecular weight excluding hydrogens is 362 g/mol. The molecule has 1 N–H and O–H groups in total. The minimum Gasteiger partial charge on any atom is -0.322 e. The van der Waals surface area contributed by atoms with Gasteiger partial charge in [0.05, 0.1) is 17.4 Å².